The van der Waals surface area contributed by atoms with Gasteiger partial charge in [-0.25, -0.2) is 4.98 Å². The number of imidazole rings is 1. The number of nitrogens with zero attached hydrogens (tertiary/aromatic N) is 2. The summed E-state index contributed by atoms with van der Waals surface area (Å²) in [6.07, 6.45) is 9.81. The van der Waals surface area contributed by atoms with Crippen molar-refractivity contribution in [2.75, 3.05) is 5.32 Å². The molecule has 0 amide bonds. The molecule has 0 saturated heterocycles. The topological polar surface area (TPSA) is 29.9 Å². The molecular formula is C14H25N3. The Morgan fingerprint density at radius 1 is 1.35 bits per heavy atom. The van der Waals surface area contributed by atoms with E-state index in [0.29, 0.717) is 12.1 Å². The monoisotopic (exact) mass is 235 g/mol. The first-order chi connectivity index (χ1) is 8.20. The Bertz CT molecular complexity index is 356. The van der Waals surface area contributed by atoms with Crippen LogP contribution in [0.5, 0.6) is 0 Å². The van der Waals surface area contributed by atoms with Crippen LogP contribution in [-0.4, -0.2) is 15.6 Å². The molecule has 2 unspecified atom stereocenters. The molecule has 96 valence electrons. The second-order valence-corrected chi connectivity index (χ2v) is 5.40. The smallest absolute Gasteiger partial charge is 0.203 e. The van der Waals surface area contributed by atoms with Gasteiger partial charge < -0.3 is 9.88 Å². The van der Waals surface area contributed by atoms with E-state index in [0.717, 1.165) is 12.4 Å². The van der Waals surface area contributed by atoms with Crippen LogP contribution in [-0.2, 0) is 6.42 Å². The zero-order valence-corrected chi connectivity index (χ0v) is 11.4. The largest absolute Gasteiger partial charge is 0.353 e. The number of hydrogen-bond donors (Lipinski definition) is 1. The Morgan fingerprint density at radius 3 is 2.94 bits per heavy atom. The van der Waals surface area contributed by atoms with Gasteiger partial charge in [0.25, 0.3) is 0 Å². The average molecular weight is 235 g/mol. The predicted octanol–water partition coefficient (Wildman–Crippen LogP) is 3.77. The second-order valence-electron chi connectivity index (χ2n) is 5.40. The number of fused-ring (bicyclic) bond motifs is 1. The summed E-state index contributed by atoms with van der Waals surface area (Å²) in [5, 5.41) is 3.46. The van der Waals surface area contributed by atoms with E-state index in [1.54, 1.807) is 0 Å². The van der Waals surface area contributed by atoms with Crippen molar-refractivity contribution in [3.63, 3.8) is 0 Å². The van der Waals surface area contributed by atoms with E-state index in [-0.39, 0.29) is 0 Å². The maximum absolute atomic E-state index is 4.70. The van der Waals surface area contributed by atoms with Gasteiger partial charge in [-0.3, -0.25) is 0 Å². The van der Waals surface area contributed by atoms with E-state index >= 15 is 0 Å². The fourth-order valence-electron chi connectivity index (χ4n) is 2.65. The van der Waals surface area contributed by atoms with E-state index in [1.807, 2.05) is 0 Å². The van der Waals surface area contributed by atoms with Crippen LogP contribution in [0.15, 0.2) is 6.20 Å². The first kappa shape index (κ1) is 12.5. The van der Waals surface area contributed by atoms with Crippen LogP contribution >= 0.6 is 0 Å². The first-order valence-electron chi connectivity index (χ1n) is 7.05. The molecule has 3 heteroatoms. The van der Waals surface area contributed by atoms with E-state index in [4.69, 9.17) is 4.98 Å². The second kappa shape index (κ2) is 5.56. The van der Waals surface area contributed by atoms with Gasteiger partial charge in [0.2, 0.25) is 5.95 Å². The highest BCUT2D eigenvalue weighted by molar-refractivity contribution is 5.33. The van der Waals surface area contributed by atoms with Crippen molar-refractivity contribution < 1.29 is 0 Å². The van der Waals surface area contributed by atoms with Gasteiger partial charge >= 0.3 is 0 Å². The number of aryl methyl sites for hydroxylation is 1. The van der Waals surface area contributed by atoms with Crippen LogP contribution in [0.3, 0.4) is 0 Å². The van der Waals surface area contributed by atoms with Gasteiger partial charge in [-0.15, -0.1) is 0 Å². The molecule has 0 aliphatic carbocycles. The van der Waals surface area contributed by atoms with Crippen LogP contribution in [0.2, 0.25) is 0 Å². The summed E-state index contributed by atoms with van der Waals surface area (Å²) in [5.74, 6) is 1.07. The lowest BCUT2D eigenvalue weighted by Crippen LogP contribution is -2.28. The van der Waals surface area contributed by atoms with E-state index < -0.39 is 0 Å². The fraction of sp³-hybridized carbons (Fsp3) is 0.786. The Morgan fingerprint density at radius 2 is 2.18 bits per heavy atom. The van der Waals surface area contributed by atoms with Crippen molar-refractivity contribution in [1.82, 2.24) is 9.55 Å². The Labute approximate surface area is 105 Å². The minimum atomic E-state index is 0.549. The lowest BCUT2D eigenvalue weighted by Gasteiger charge is -2.27. The quantitative estimate of drug-likeness (QED) is 0.787. The molecule has 0 radical (unpaired) electrons. The third kappa shape index (κ3) is 3.02. The molecule has 0 bridgehead atoms. The zero-order valence-electron chi connectivity index (χ0n) is 11.4. The van der Waals surface area contributed by atoms with Gasteiger partial charge in [0.15, 0.2) is 0 Å². The van der Waals surface area contributed by atoms with Crippen molar-refractivity contribution in [2.45, 2.75) is 71.4 Å². The van der Waals surface area contributed by atoms with E-state index in [1.165, 1.54) is 37.8 Å². The van der Waals surface area contributed by atoms with Crippen molar-refractivity contribution in [3.05, 3.63) is 11.9 Å². The molecular weight excluding hydrogens is 210 g/mol. The summed E-state index contributed by atoms with van der Waals surface area (Å²) in [4.78, 5) is 4.70. The Kier molecular flexibility index (Phi) is 4.08. The molecule has 1 N–H and O–H groups in total. The molecule has 0 saturated carbocycles. The van der Waals surface area contributed by atoms with Crippen molar-refractivity contribution in [2.24, 2.45) is 0 Å². The van der Waals surface area contributed by atoms with Crippen molar-refractivity contribution in [1.29, 1.82) is 0 Å². The normalized spacial score (nSPS) is 23.2. The molecule has 0 fully saturated rings. The molecule has 1 aliphatic rings. The maximum atomic E-state index is 4.70. The standard InChI is InChI=1S/C14H25N3/c1-4-5-6-7-8-13-10-17-12(3)9-11(2)15-14(17)16-13/h10-12H,4-9H2,1-3H3,(H,15,16). The highest BCUT2D eigenvalue weighted by Gasteiger charge is 2.21. The Hall–Kier alpha value is -0.990. The molecule has 2 rings (SSSR count). The molecule has 1 aromatic rings. The van der Waals surface area contributed by atoms with E-state index in [2.05, 4.69) is 36.9 Å². The van der Waals surface area contributed by atoms with Gasteiger partial charge in [-0.2, -0.15) is 0 Å². The molecule has 17 heavy (non-hydrogen) atoms. The number of aromatic nitrogens is 2. The molecule has 1 aliphatic heterocycles. The Balaban J connectivity index is 1.95. The van der Waals surface area contributed by atoms with Crippen molar-refractivity contribution in [3.8, 4) is 0 Å². The van der Waals surface area contributed by atoms with Gasteiger partial charge in [0.1, 0.15) is 0 Å². The molecule has 0 aromatic carbocycles. The number of rotatable bonds is 5. The summed E-state index contributed by atoms with van der Waals surface area (Å²) in [6.45, 7) is 6.77. The molecule has 1 aromatic heterocycles. The maximum Gasteiger partial charge on any atom is 0.203 e. The highest BCUT2D eigenvalue weighted by Crippen LogP contribution is 2.27. The molecule has 2 atom stereocenters. The first-order valence-corrected chi connectivity index (χ1v) is 7.05. The third-order valence-electron chi connectivity index (χ3n) is 3.61. The number of unbranched alkanes of at least 4 members (excludes halogenated alkanes) is 3. The van der Waals surface area contributed by atoms with Gasteiger partial charge in [0.05, 0.1) is 5.69 Å². The minimum absolute atomic E-state index is 0.549. The zero-order chi connectivity index (χ0) is 12.3. The molecule has 0 spiro atoms. The molecule has 2 heterocycles. The van der Waals surface area contributed by atoms with Crippen LogP contribution in [0.25, 0.3) is 0 Å². The highest BCUT2D eigenvalue weighted by atomic mass is 15.2. The van der Waals surface area contributed by atoms with Crippen LogP contribution in [0, 0.1) is 0 Å². The van der Waals surface area contributed by atoms with Gasteiger partial charge in [0, 0.05) is 18.3 Å². The number of nitrogens with one attached hydrogen (secondary N) is 1. The minimum Gasteiger partial charge on any atom is -0.353 e. The summed E-state index contributed by atoms with van der Waals surface area (Å²) >= 11 is 0. The summed E-state index contributed by atoms with van der Waals surface area (Å²) in [6, 6.07) is 1.13. The molecule has 3 nitrogen and oxygen atoms in total. The fourth-order valence-corrected chi connectivity index (χ4v) is 2.65. The SMILES string of the molecule is CCCCCCc1cn2c(n1)NC(C)CC2C. The number of hydrogen-bond acceptors (Lipinski definition) is 2. The number of anilines is 1. The van der Waals surface area contributed by atoms with Gasteiger partial charge in [-0.05, 0) is 33.1 Å². The van der Waals surface area contributed by atoms with E-state index in [9.17, 15) is 0 Å². The lowest BCUT2D eigenvalue weighted by molar-refractivity contribution is 0.449. The summed E-state index contributed by atoms with van der Waals surface area (Å²) in [5.41, 5.74) is 1.25. The van der Waals surface area contributed by atoms with Crippen LogP contribution < -0.4 is 5.32 Å². The average Bonchev–Trinajstić information content (AvgIpc) is 2.67. The summed E-state index contributed by atoms with van der Waals surface area (Å²) in [7, 11) is 0. The summed E-state index contributed by atoms with van der Waals surface area (Å²) < 4.78 is 2.30. The van der Waals surface area contributed by atoms with Crippen molar-refractivity contribution >= 4 is 5.95 Å². The third-order valence-corrected chi connectivity index (χ3v) is 3.61. The van der Waals surface area contributed by atoms with Gasteiger partial charge in [-0.1, -0.05) is 26.2 Å². The van der Waals surface area contributed by atoms with Crippen LogP contribution in [0.4, 0.5) is 5.95 Å². The predicted molar refractivity (Wildman–Crippen MR) is 72.5 cm³/mol. The van der Waals surface area contributed by atoms with Crippen LogP contribution in [0.1, 0.15) is 64.6 Å². The lowest BCUT2D eigenvalue weighted by atomic mass is 10.1.